The fourth-order valence-electron chi connectivity index (χ4n) is 2.04. The summed E-state index contributed by atoms with van der Waals surface area (Å²) in [5.41, 5.74) is 1.53. The first-order chi connectivity index (χ1) is 9.60. The van der Waals surface area contributed by atoms with Gasteiger partial charge < -0.3 is 9.05 Å². The summed E-state index contributed by atoms with van der Waals surface area (Å²) in [6, 6.07) is 11.4. The van der Waals surface area contributed by atoms with Crippen LogP contribution in [0.3, 0.4) is 0 Å². The van der Waals surface area contributed by atoms with Gasteiger partial charge in [-0.3, -0.25) is 4.57 Å². The molecule has 20 heavy (non-hydrogen) atoms. The second-order valence-electron chi connectivity index (χ2n) is 4.16. The molecule has 0 saturated carbocycles. The minimum atomic E-state index is -3.33. The van der Waals surface area contributed by atoms with Gasteiger partial charge in [0.05, 0.1) is 13.2 Å². The molecule has 3 nitrogen and oxygen atoms in total. The van der Waals surface area contributed by atoms with Crippen LogP contribution in [0.15, 0.2) is 42.5 Å². The third kappa shape index (κ3) is 3.04. The molecule has 0 fully saturated rings. The van der Waals surface area contributed by atoms with Crippen LogP contribution in [0.2, 0.25) is 0 Å². The molecule has 0 saturated heterocycles. The van der Waals surface area contributed by atoms with Crippen LogP contribution in [0.1, 0.15) is 13.8 Å². The molecule has 0 aliphatic rings. The lowest BCUT2D eigenvalue weighted by Crippen LogP contribution is -2.11. The summed E-state index contributed by atoms with van der Waals surface area (Å²) < 4.78 is 36.5. The van der Waals surface area contributed by atoms with Crippen molar-refractivity contribution in [3.05, 3.63) is 48.3 Å². The highest BCUT2D eigenvalue weighted by Crippen LogP contribution is 2.49. The number of benzene rings is 1. The summed E-state index contributed by atoms with van der Waals surface area (Å²) in [5, 5.41) is 0.521. The summed E-state index contributed by atoms with van der Waals surface area (Å²) in [6.07, 6.45) is 0. The summed E-state index contributed by atoms with van der Waals surface area (Å²) >= 11 is 0. The summed E-state index contributed by atoms with van der Waals surface area (Å²) in [7, 11) is -3.33. The highest BCUT2D eigenvalue weighted by atomic mass is 31.2. The van der Waals surface area contributed by atoms with E-state index in [-0.39, 0.29) is 5.82 Å². The van der Waals surface area contributed by atoms with Crippen LogP contribution in [-0.2, 0) is 13.6 Å². The fraction of sp³-hybridized carbons (Fsp3) is 0.267. The minimum absolute atomic E-state index is 0.297. The Balaban J connectivity index is 2.46. The predicted molar refractivity (Wildman–Crippen MR) is 77.9 cm³/mol. The zero-order valence-corrected chi connectivity index (χ0v) is 12.4. The van der Waals surface area contributed by atoms with Crippen molar-refractivity contribution in [3.8, 4) is 11.1 Å². The topological polar surface area (TPSA) is 35.5 Å². The monoisotopic (exact) mass is 295 g/mol. The van der Waals surface area contributed by atoms with Gasteiger partial charge in [-0.1, -0.05) is 17.7 Å². The lowest BCUT2D eigenvalue weighted by molar-refractivity contribution is 0.230. The Morgan fingerprint density at radius 2 is 1.70 bits per heavy atom. The Bertz CT molecular complexity index is 594. The normalized spacial score (nSPS) is 11.8. The quantitative estimate of drug-likeness (QED) is 0.594. The predicted octanol–water partition coefficient (Wildman–Crippen LogP) is 4.10. The molecule has 0 spiro atoms. The minimum Gasteiger partial charge on any atom is -0.312 e. The molecule has 0 aromatic heterocycles. The van der Waals surface area contributed by atoms with Crippen LogP contribution in [0.5, 0.6) is 0 Å². The van der Waals surface area contributed by atoms with E-state index < -0.39 is 7.60 Å². The standard InChI is InChI=1S/C15H17FO3P/c1-3-18-20(17,19-4-2)15-7-5-6-14(15)12-8-10-13(16)11-9-12/h5-11H,3-4H2,1-2H3/q-1. The van der Waals surface area contributed by atoms with Crippen LogP contribution in [0.25, 0.3) is 11.1 Å². The first kappa shape index (κ1) is 15.0. The molecule has 0 amide bonds. The maximum atomic E-state index is 13.0. The average molecular weight is 295 g/mol. The molecule has 0 N–H and O–H groups in total. The van der Waals surface area contributed by atoms with Gasteiger partial charge in [-0.2, -0.15) is 12.1 Å². The second kappa shape index (κ2) is 6.40. The molecule has 0 aliphatic carbocycles. The number of halogens is 1. The number of rotatable bonds is 6. The van der Waals surface area contributed by atoms with Crippen LogP contribution in [0.4, 0.5) is 4.39 Å². The first-order valence-electron chi connectivity index (χ1n) is 6.52. The molecule has 0 atom stereocenters. The van der Waals surface area contributed by atoms with E-state index in [1.165, 1.54) is 12.1 Å². The highest BCUT2D eigenvalue weighted by molar-refractivity contribution is 7.62. The number of hydrogen-bond acceptors (Lipinski definition) is 3. The molecular weight excluding hydrogens is 278 g/mol. The van der Waals surface area contributed by atoms with Crippen molar-refractivity contribution in [1.29, 1.82) is 0 Å². The zero-order valence-electron chi connectivity index (χ0n) is 11.5. The largest absolute Gasteiger partial charge is 0.321 e. The Hall–Kier alpha value is -1.35. The van der Waals surface area contributed by atoms with Gasteiger partial charge in [0, 0.05) is 0 Å². The molecule has 2 aromatic rings. The lowest BCUT2D eigenvalue weighted by Gasteiger charge is -2.22. The van der Waals surface area contributed by atoms with Crippen molar-refractivity contribution in [1.82, 2.24) is 0 Å². The second-order valence-corrected chi connectivity index (χ2v) is 6.16. The van der Waals surface area contributed by atoms with Crippen LogP contribution in [0, 0.1) is 5.82 Å². The van der Waals surface area contributed by atoms with Gasteiger partial charge in [-0.25, -0.2) is 4.39 Å². The van der Waals surface area contributed by atoms with Crippen LogP contribution in [-0.4, -0.2) is 13.2 Å². The Morgan fingerprint density at radius 1 is 1.10 bits per heavy atom. The van der Waals surface area contributed by atoms with Crippen molar-refractivity contribution in [2.45, 2.75) is 13.8 Å². The van der Waals surface area contributed by atoms with E-state index in [0.29, 0.717) is 18.5 Å². The molecule has 0 heterocycles. The van der Waals surface area contributed by atoms with E-state index in [1.807, 2.05) is 6.07 Å². The molecule has 2 aromatic carbocycles. The first-order valence-corrected chi connectivity index (χ1v) is 8.06. The van der Waals surface area contributed by atoms with Gasteiger partial charge in [0.2, 0.25) is 0 Å². The van der Waals surface area contributed by atoms with E-state index in [9.17, 15) is 8.96 Å². The smallest absolute Gasteiger partial charge is 0.312 e. The average Bonchev–Trinajstić information content (AvgIpc) is 2.90. The van der Waals surface area contributed by atoms with Crippen molar-refractivity contribution >= 4 is 12.9 Å². The Labute approximate surface area is 118 Å². The van der Waals surface area contributed by atoms with Crippen molar-refractivity contribution < 1.29 is 18.0 Å². The molecule has 2 rings (SSSR count). The molecule has 0 aliphatic heterocycles. The van der Waals surface area contributed by atoms with E-state index in [1.54, 1.807) is 38.1 Å². The van der Waals surface area contributed by atoms with Crippen molar-refractivity contribution in [2.24, 2.45) is 0 Å². The van der Waals surface area contributed by atoms with Crippen molar-refractivity contribution in [2.75, 3.05) is 13.2 Å². The van der Waals surface area contributed by atoms with E-state index in [2.05, 4.69) is 0 Å². The maximum absolute atomic E-state index is 13.0. The van der Waals surface area contributed by atoms with E-state index in [0.717, 1.165) is 11.1 Å². The summed E-state index contributed by atoms with van der Waals surface area (Å²) in [4.78, 5) is 0. The van der Waals surface area contributed by atoms with Crippen LogP contribution < -0.4 is 5.30 Å². The Kier molecular flexibility index (Phi) is 4.81. The van der Waals surface area contributed by atoms with Gasteiger partial charge in [0.15, 0.2) is 0 Å². The summed E-state index contributed by atoms with van der Waals surface area (Å²) in [6.45, 7) is 4.13. The molecule has 0 unspecified atom stereocenters. The van der Waals surface area contributed by atoms with E-state index in [4.69, 9.17) is 9.05 Å². The number of hydrogen-bond donors (Lipinski definition) is 0. The molecule has 108 valence electrons. The third-order valence-corrected chi connectivity index (χ3v) is 5.02. The molecule has 5 heteroatoms. The Morgan fingerprint density at radius 3 is 2.25 bits per heavy atom. The van der Waals surface area contributed by atoms with Gasteiger partial charge in [0.25, 0.3) is 0 Å². The zero-order chi connectivity index (χ0) is 14.6. The van der Waals surface area contributed by atoms with E-state index >= 15 is 0 Å². The van der Waals surface area contributed by atoms with Crippen LogP contribution >= 0.6 is 7.60 Å². The van der Waals surface area contributed by atoms with Gasteiger partial charge in [-0.15, -0.1) is 11.6 Å². The lowest BCUT2D eigenvalue weighted by atomic mass is 10.1. The van der Waals surface area contributed by atoms with Gasteiger partial charge in [0.1, 0.15) is 5.82 Å². The molecular formula is C15H17FO3P-. The molecule has 0 radical (unpaired) electrons. The summed E-state index contributed by atoms with van der Waals surface area (Å²) in [5.74, 6) is -0.306. The maximum Gasteiger partial charge on any atom is 0.321 e. The van der Waals surface area contributed by atoms with Gasteiger partial charge >= 0.3 is 7.60 Å². The third-order valence-electron chi connectivity index (χ3n) is 2.84. The van der Waals surface area contributed by atoms with Gasteiger partial charge in [-0.05, 0) is 31.3 Å². The SMILES string of the molecule is CCOP(=O)(OCC)[c-]1cccc1-c1ccc(F)cc1. The molecule has 0 bridgehead atoms. The van der Waals surface area contributed by atoms with Crippen molar-refractivity contribution in [3.63, 3.8) is 0 Å². The highest BCUT2D eigenvalue weighted by Gasteiger charge is 2.25. The fourth-order valence-corrected chi connectivity index (χ4v) is 3.84.